The molecule has 2 aromatic heterocycles. The van der Waals surface area contributed by atoms with Crippen LogP contribution in [-0.4, -0.2) is 21.2 Å². The Morgan fingerprint density at radius 2 is 2.08 bits per heavy atom. The molecule has 7 nitrogen and oxygen atoms in total. The summed E-state index contributed by atoms with van der Waals surface area (Å²) in [7, 11) is 0. The van der Waals surface area contributed by atoms with E-state index in [1.54, 1.807) is 24.4 Å². The minimum Gasteiger partial charge on any atom is -0.486 e. The van der Waals surface area contributed by atoms with Crippen LogP contribution in [0.3, 0.4) is 0 Å². The van der Waals surface area contributed by atoms with Gasteiger partial charge in [0.05, 0.1) is 16.3 Å². The Hall–Kier alpha value is -3.19. The average molecular weight is 356 g/mol. The lowest BCUT2D eigenvalue weighted by Gasteiger charge is -2.11. The van der Waals surface area contributed by atoms with Gasteiger partial charge in [-0.2, -0.15) is 0 Å². The highest BCUT2D eigenvalue weighted by Crippen LogP contribution is 2.30. The van der Waals surface area contributed by atoms with Crippen molar-refractivity contribution in [3.63, 3.8) is 0 Å². The molecule has 3 rings (SSSR count). The number of hydrogen-bond acceptors (Lipinski definition) is 7. The van der Waals surface area contributed by atoms with Gasteiger partial charge in [0.15, 0.2) is 6.29 Å². The first kappa shape index (κ1) is 16.7. The molecule has 25 heavy (non-hydrogen) atoms. The molecule has 2 heterocycles. The highest BCUT2D eigenvalue weighted by atomic mass is 35.5. The molecule has 3 aromatic rings. The zero-order valence-corrected chi connectivity index (χ0v) is 13.8. The second kappa shape index (κ2) is 7.59. The minimum absolute atomic E-state index is 0.105. The van der Waals surface area contributed by atoms with Crippen molar-refractivity contribution in [2.45, 2.75) is 6.61 Å². The number of hydrogen-bond donors (Lipinski definition) is 2. The second-order valence-electron chi connectivity index (χ2n) is 5.02. The predicted octanol–water partition coefficient (Wildman–Crippen LogP) is 3.24. The van der Waals surface area contributed by atoms with Crippen molar-refractivity contribution in [1.29, 1.82) is 0 Å². The lowest BCUT2D eigenvalue weighted by molar-refractivity contribution is 0.112. The second-order valence-corrected chi connectivity index (χ2v) is 5.43. The molecule has 0 unspecified atom stereocenters. The van der Waals surface area contributed by atoms with Gasteiger partial charge in [0.1, 0.15) is 30.3 Å². The van der Waals surface area contributed by atoms with Crippen LogP contribution < -0.4 is 15.8 Å². The van der Waals surface area contributed by atoms with Crippen LogP contribution >= 0.6 is 11.6 Å². The molecule has 0 aliphatic carbocycles. The first-order valence-corrected chi connectivity index (χ1v) is 7.70. The van der Waals surface area contributed by atoms with Gasteiger partial charge in [-0.3, -0.25) is 9.78 Å². The summed E-state index contributed by atoms with van der Waals surface area (Å²) >= 11 is 6.25. The summed E-state index contributed by atoms with van der Waals surface area (Å²) < 4.78 is 5.67. The standard InChI is InChI=1S/C17H14ClN5O2/c18-14-7-11(23-17-13(8-24)16(19)21-10-22-17)4-5-15(14)25-9-12-3-1-2-6-20-12/h1-8,10H,9H2,(H3,19,21,22,23). The number of anilines is 3. The molecule has 0 aliphatic heterocycles. The molecule has 0 atom stereocenters. The van der Waals surface area contributed by atoms with E-state index in [1.807, 2.05) is 18.2 Å². The van der Waals surface area contributed by atoms with Crippen molar-refractivity contribution in [2.75, 3.05) is 11.1 Å². The van der Waals surface area contributed by atoms with Gasteiger partial charge >= 0.3 is 0 Å². The Morgan fingerprint density at radius 1 is 1.20 bits per heavy atom. The van der Waals surface area contributed by atoms with E-state index in [1.165, 1.54) is 6.33 Å². The van der Waals surface area contributed by atoms with E-state index >= 15 is 0 Å². The van der Waals surface area contributed by atoms with Gasteiger partial charge in [0.2, 0.25) is 0 Å². The number of halogens is 1. The third-order valence-electron chi connectivity index (χ3n) is 3.33. The van der Waals surface area contributed by atoms with Crippen molar-refractivity contribution < 1.29 is 9.53 Å². The summed E-state index contributed by atoms with van der Waals surface area (Å²) in [5.74, 6) is 0.935. The van der Waals surface area contributed by atoms with Crippen molar-refractivity contribution in [3.8, 4) is 5.75 Å². The Bertz CT molecular complexity index is 889. The number of nitrogens with two attached hydrogens (primary N) is 1. The first-order chi connectivity index (χ1) is 12.2. The molecule has 8 heteroatoms. The Balaban J connectivity index is 1.74. The molecule has 3 N–H and O–H groups in total. The third-order valence-corrected chi connectivity index (χ3v) is 3.62. The smallest absolute Gasteiger partial charge is 0.157 e. The molecule has 0 aliphatic rings. The number of nitrogens with zero attached hydrogens (tertiary/aromatic N) is 3. The molecule has 0 amide bonds. The van der Waals surface area contributed by atoms with E-state index < -0.39 is 0 Å². The number of aromatic nitrogens is 3. The molecular formula is C17H14ClN5O2. The van der Waals surface area contributed by atoms with Crippen LogP contribution in [-0.2, 0) is 6.61 Å². The van der Waals surface area contributed by atoms with Crippen LogP contribution in [0.4, 0.5) is 17.3 Å². The quantitative estimate of drug-likeness (QED) is 0.654. The SMILES string of the molecule is Nc1ncnc(Nc2ccc(OCc3ccccn3)c(Cl)c2)c1C=O. The van der Waals surface area contributed by atoms with Gasteiger partial charge in [0.25, 0.3) is 0 Å². The summed E-state index contributed by atoms with van der Waals surface area (Å²) in [6.07, 6.45) is 3.57. The summed E-state index contributed by atoms with van der Waals surface area (Å²) in [5.41, 5.74) is 7.28. The van der Waals surface area contributed by atoms with Crippen LogP contribution in [0, 0.1) is 0 Å². The van der Waals surface area contributed by atoms with Gasteiger partial charge in [-0.15, -0.1) is 0 Å². The van der Waals surface area contributed by atoms with Crippen molar-refractivity contribution in [2.24, 2.45) is 0 Å². The molecule has 1 aromatic carbocycles. The van der Waals surface area contributed by atoms with Gasteiger partial charge in [-0.1, -0.05) is 17.7 Å². The summed E-state index contributed by atoms with van der Waals surface area (Å²) in [4.78, 5) is 23.1. The molecule has 0 radical (unpaired) electrons. The van der Waals surface area contributed by atoms with E-state index in [0.29, 0.717) is 35.2 Å². The van der Waals surface area contributed by atoms with Crippen LogP contribution in [0.15, 0.2) is 48.9 Å². The van der Waals surface area contributed by atoms with E-state index in [2.05, 4.69) is 20.3 Å². The number of aldehydes is 1. The predicted molar refractivity (Wildman–Crippen MR) is 95.1 cm³/mol. The molecular weight excluding hydrogens is 342 g/mol. The highest BCUT2D eigenvalue weighted by Gasteiger charge is 2.10. The highest BCUT2D eigenvalue weighted by molar-refractivity contribution is 6.32. The number of rotatable bonds is 6. The molecule has 126 valence electrons. The van der Waals surface area contributed by atoms with E-state index in [4.69, 9.17) is 22.1 Å². The summed E-state index contributed by atoms with van der Waals surface area (Å²) in [6.45, 7) is 0.311. The number of nitrogen functional groups attached to an aromatic ring is 1. The molecule has 0 fully saturated rings. The normalized spacial score (nSPS) is 10.3. The number of pyridine rings is 1. The van der Waals surface area contributed by atoms with Crippen molar-refractivity contribution >= 4 is 35.2 Å². The Labute approximate surface area is 148 Å². The summed E-state index contributed by atoms with van der Waals surface area (Å²) in [6, 6.07) is 10.7. The zero-order chi connectivity index (χ0) is 17.6. The van der Waals surface area contributed by atoms with Gasteiger partial charge in [0, 0.05) is 11.9 Å². The maximum Gasteiger partial charge on any atom is 0.157 e. The van der Waals surface area contributed by atoms with E-state index in [-0.39, 0.29) is 11.4 Å². The maximum absolute atomic E-state index is 11.1. The van der Waals surface area contributed by atoms with Crippen LogP contribution in [0.1, 0.15) is 16.1 Å². The van der Waals surface area contributed by atoms with E-state index in [9.17, 15) is 4.79 Å². The number of benzene rings is 1. The molecule has 0 saturated carbocycles. The average Bonchev–Trinajstić information content (AvgIpc) is 2.62. The minimum atomic E-state index is 0.105. The van der Waals surface area contributed by atoms with Gasteiger partial charge in [-0.25, -0.2) is 9.97 Å². The van der Waals surface area contributed by atoms with Crippen LogP contribution in [0.2, 0.25) is 5.02 Å². The third kappa shape index (κ3) is 4.02. The Kier molecular flexibility index (Phi) is 5.06. The first-order valence-electron chi connectivity index (χ1n) is 7.32. The fraction of sp³-hybridized carbons (Fsp3) is 0.0588. The monoisotopic (exact) mass is 355 g/mol. The molecule has 0 spiro atoms. The number of nitrogens with one attached hydrogen (secondary N) is 1. The van der Waals surface area contributed by atoms with Crippen molar-refractivity contribution in [1.82, 2.24) is 15.0 Å². The fourth-order valence-corrected chi connectivity index (χ4v) is 2.33. The fourth-order valence-electron chi connectivity index (χ4n) is 2.09. The van der Waals surface area contributed by atoms with Gasteiger partial charge in [-0.05, 0) is 30.3 Å². The largest absolute Gasteiger partial charge is 0.486 e. The topological polar surface area (TPSA) is 103 Å². The van der Waals surface area contributed by atoms with Crippen LogP contribution in [0.5, 0.6) is 5.75 Å². The Morgan fingerprint density at radius 3 is 2.80 bits per heavy atom. The molecule has 0 saturated heterocycles. The van der Waals surface area contributed by atoms with Crippen molar-refractivity contribution in [3.05, 3.63) is 65.2 Å². The van der Waals surface area contributed by atoms with Gasteiger partial charge < -0.3 is 15.8 Å². The van der Waals surface area contributed by atoms with Crippen LogP contribution in [0.25, 0.3) is 0 Å². The number of carbonyl (C=O) groups is 1. The van der Waals surface area contributed by atoms with E-state index in [0.717, 1.165) is 5.69 Å². The number of ether oxygens (including phenoxy) is 1. The number of carbonyl (C=O) groups excluding carboxylic acids is 1. The lowest BCUT2D eigenvalue weighted by Crippen LogP contribution is -2.04. The summed E-state index contributed by atoms with van der Waals surface area (Å²) in [5, 5.41) is 3.40. The lowest BCUT2D eigenvalue weighted by atomic mass is 10.2. The zero-order valence-electron chi connectivity index (χ0n) is 13.0. The molecule has 0 bridgehead atoms. The maximum atomic E-state index is 11.1.